The molecule has 2 aliphatic rings. The van der Waals surface area contributed by atoms with Gasteiger partial charge in [-0.2, -0.15) is 0 Å². The van der Waals surface area contributed by atoms with Crippen molar-refractivity contribution in [2.75, 3.05) is 43.0 Å². The number of carbonyl (C=O) groups is 1. The fourth-order valence-electron chi connectivity index (χ4n) is 3.02. The largest absolute Gasteiger partial charge is 0.378 e. The van der Waals surface area contributed by atoms with E-state index in [0.717, 1.165) is 50.5 Å². The Bertz CT molecular complexity index is 499. The molecule has 6 nitrogen and oxygen atoms in total. The molecule has 0 bridgehead atoms. The van der Waals surface area contributed by atoms with Crippen molar-refractivity contribution >= 4 is 17.4 Å². The van der Waals surface area contributed by atoms with E-state index in [4.69, 9.17) is 4.74 Å². The Hall–Kier alpha value is -1.66. The number of aromatic nitrogens is 1. The van der Waals surface area contributed by atoms with Crippen molar-refractivity contribution in [3.8, 4) is 0 Å². The first-order chi connectivity index (χ1) is 10.7. The predicted molar refractivity (Wildman–Crippen MR) is 86.1 cm³/mol. The van der Waals surface area contributed by atoms with Crippen molar-refractivity contribution < 1.29 is 9.53 Å². The fourth-order valence-corrected chi connectivity index (χ4v) is 3.02. The molecule has 2 aliphatic heterocycles. The second kappa shape index (κ2) is 7.07. The van der Waals surface area contributed by atoms with Crippen LogP contribution in [0.15, 0.2) is 18.3 Å². The van der Waals surface area contributed by atoms with E-state index < -0.39 is 0 Å². The van der Waals surface area contributed by atoms with Gasteiger partial charge in [-0.05, 0) is 31.9 Å². The average Bonchev–Trinajstić information content (AvgIpc) is 2.56. The second-order valence-corrected chi connectivity index (χ2v) is 6.03. The SMILES string of the molecule is CC1CC(C(=O)Nc2ccc(N3CCNCC3)nc2)CCO1. The Morgan fingerprint density at radius 3 is 2.91 bits per heavy atom. The zero-order chi connectivity index (χ0) is 15.4. The minimum absolute atomic E-state index is 0.0385. The zero-order valence-corrected chi connectivity index (χ0v) is 13.0. The molecule has 0 aliphatic carbocycles. The van der Waals surface area contributed by atoms with E-state index in [2.05, 4.69) is 20.5 Å². The number of nitrogens with one attached hydrogen (secondary N) is 2. The molecule has 0 aromatic carbocycles. The number of hydrogen-bond acceptors (Lipinski definition) is 5. The highest BCUT2D eigenvalue weighted by molar-refractivity contribution is 5.92. The van der Waals surface area contributed by atoms with Gasteiger partial charge < -0.3 is 20.3 Å². The second-order valence-electron chi connectivity index (χ2n) is 6.03. The van der Waals surface area contributed by atoms with Gasteiger partial charge in [-0.1, -0.05) is 0 Å². The lowest BCUT2D eigenvalue weighted by atomic mass is 9.95. The van der Waals surface area contributed by atoms with E-state index in [0.29, 0.717) is 6.61 Å². The minimum atomic E-state index is 0.0385. The highest BCUT2D eigenvalue weighted by atomic mass is 16.5. The Morgan fingerprint density at radius 1 is 1.41 bits per heavy atom. The van der Waals surface area contributed by atoms with E-state index in [1.54, 1.807) is 6.20 Å². The van der Waals surface area contributed by atoms with Crippen LogP contribution < -0.4 is 15.5 Å². The lowest BCUT2D eigenvalue weighted by Crippen LogP contribution is -2.43. The van der Waals surface area contributed by atoms with Crippen LogP contribution in [0.25, 0.3) is 0 Å². The van der Waals surface area contributed by atoms with Crippen LogP contribution in [-0.2, 0) is 9.53 Å². The topological polar surface area (TPSA) is 66.5 Å². The summed E-state index contributed by atoms with van der Waals surface area (Å²) in [5, 5.41) is 6.30. The molecule has 6 heteroatoms. The van der Waals surface area contributed by atoms with Crippen molar-refractivity contribution in [2.45, 2.75) is 25.9 Å². The number of carbonyl (C=O) groups excluding carboxylic acids is 1. The molecule has 3 rings (SSSR count). The van der Waals surface area contributed by atoms with Crippen LogP contribution in [0.4, 0.5) is 11.5 Å². The highest BCUT2D eigenvalue weighted by Crippen LogP contribution is 2.22. The molecule has 0 radical (unpaired) electrons. The first-order valence-corrected chi connectivity index (χ1v) is 8.06. The molecule has 0 saturated carbocycles. The molecule has 120 valence electrons. The third kappa shape index (κ3) is 3.75. The minimum Gasteiger partial charge on any atom is -0.378 e. The molecule has 1 aromatic rings. The predicted octanol–water partition coefficient (Wildman–Crippen LogP) is 1.24. The monoisotopic (exact) mass is 304 g/mol. The lowest BCUT2D eigenvalue weighted by Gasteiger charge is -2.28. The van der Waals surface area contributed by atoms with Crippen LogP contribution in [0, 0.1) is 5.92 Å². The molecule has 22 heavy (non-hydrogen) atoms. The molecular formula is C16H24N4O2. The van der Waals surface area contributed by atoms with Gasteiger partial charge in [0, 0.05) is 38.7 Å². The normalized spacial score (nSPS) is 25.8. The first kappa shape index (κ1) is 15.2. The number of ether oxygens (including phenoxy) is 1. The maximum atomic E-state index is 12.3. The van der Waals surface area contributed by atoms with E-state index in [-0.39, 0.29) is 17.9 Å². The number of nitrogens with zero attached hydrogens (tertiary/aromatic N) is 2. The van der Waals surface area contributed by atoms with Crippen LogP contribution in [0.2, 0.25) is 0 Å². The number of rotatable bonds is 3. The van der Waals surface area contributed by atoms with Crippen molar-refractivity contribution in [3.05, 3.63) is 18.3 Å². The molecule has 2 N–H and O–H groups in total. The van der Waals surface area contributed by atoms with E-state index in [1.165, 1.54) is 0 Å². The number of piperazine rings is 1. The van der Waals surface area contributed by atoms with Crippen LogP contribution in [-0.4, -0.2) is 49.8 Å². The number of hydrogen-bond donors (Lipinski definition) is 2. The van der Waals surface area contributed by atoms with E-state index in [1.807, 2.05) is 19.1 Å². The lowest BCUT2D eigenvalue weighted by molar-refractivity contribution is -0.124. The third-order valence-electron chi connectivity index (χ3n) is 4.31. The van der Waals surface area contributed by atoms with E-state index in [9.17, 15) is 4.79 Å². The quantitative estimate of drug-likeness (QED) is 0.879. The molecule has 2 atom stereocenters. The van der Waals surface area contributed by atoms with Gasteiger partial charge in [0.2, 0.25) is 5.91 Å². The molecule has 2 saturated heterocycles. The summed E-state index contributed by atoms with van der Waals surface area (Å²) in [6.07, 6.45) is 3.50. The Labute approximate surface area is 131 Å². The van der Waals surface area contributed by atoms with Gasteiger partial charge in [0.1, 0.15) is 5.82 Å². The number of pyridine rings is 1. The van der Waals surface area contributed by atoms with Crippen LogP contribution in [0.1, 0.15) is 19.8 Å². The summed E-state index contributed by atoms with van der Waals surface area (Å²) < 4.78 is 5.49. The Morgan fingerprint density at radius 2 is 2.23 bits per heavy atom. The van der Waals surface area contributed by atoms with Crippen molar-refractivity contribution in [1.82, 2.24) is 10.3 Å². The molecule has 1 aromatic heterocycles. The van der Waals surface area contributed by atoms with E-state index >= 15 is 0 Å². The van der Waals surface area contributed by atoms with Gasteiger partial charge in [-0.15, -0.1) is 0 Å². The Balaban J connectivity index is 1.57. The number of anilines is 2. The van der Waals surface area contributed by atoms with Crippen molar-refractivity contribution in [3.63, 3.8) is 0 Å². The third-order valence-corrected chi connectivity index (χ3v) is 4.31. The molecule has 2 unspecified atom stereocenters. The summed E-state index contributed by atoms with van der Waals surface area (Å²) >= 11 is 0. The molecule has 1 amide bonds. The molecular weight excluding hydrogens is 280 g/mol. The van der Waals surface area contributed by atoms with Crippen molar-refractivity contribution in [1.29, 1.82) is 0 Å². The zero-order valence-electron chi connectivity index (χ0n) is 13.0. The summed E-state index contributed by atoms with van der Waals surface area (Å²) in [7, 11) is 0. The highest BCUT2D eigenvalue weighted by Gasteiger charge is 2.25. The standard InChI is InChI=1S/C16H24N4O2/c1-12-10-13(4-9-22-12)16(21)19-14-2-3-15(18-11-14)20-7-5-17-6-8-20/h2-3,11-13,17H,4-10H2,1H3,(H,19,21). The summed E-state index contributed by atoms with van der Waals surface area (Å²) in [6.45, 7) is 6.60. The van der Waals surface area contributed by atoms with Crippen LogP contribution in [0.3, 0.4) is 0 Å². The summed E-state index contributed by atoms with van der Waals surface area (Å²) in [5.41, 5.74) is 0.767. The maximum absolute atomic E-state index is 12.3. The van der Waals surface area contributed by atoms with Crippen LogP contribution >= 0.6 is 0 Å². The van der Waals surface area contributed by atoms with Crippen molar-refractivity contribution in [2.24, 2.45) is 5.92 Å². The smallest absolute Gasteiger partial charge is 0.227 e. The first-order valence-electron chi connectivity index (χ1n) is 8.06. The average molecular weight is 304 g/mol. The van der Waals surface area contributed by atoms with Gasteiger partial charge >= 0.3 is 0 Å². The maximum Gasteiger partial charge on any atom is 0.227 e. The molecule has 0 spiro atoms. The van der Waals surface area contributed by atoms with Gasteiger partial charge in [0.25, 0.3) is 0 Å². The summed E-state index contributed by atoms with van der Waals surface area (Å²) in [5.74, 6) is 1.09. The van der Waals surface area contributed by atoms with Gasteiger partial charge in [-0.3, -0.25) is 4.79 Å². The van der Waals surface area contributed by atoms with Gasteiger partial charge in [0.15, 0.2) is 0 Å². The molecule has 3 heterocycles. The van der Waals surface area contributed by atoms with Gasteiger partial charge in [-0.25, -0.2) is 4.98 Å². The number of amides is 1. The molecule has 2 fully saturated rings. The summed E-state index contributed by atoms with van der Waals surface area (Å²) in [6, 6.07) is 3.92. The van der Waals surface area contributed by atoms with Gasteiger partial charge in [0.05, 0.1) is 18.0 Å². The summed E-state index contributed by atoms with van der Waals surface area (Å²) in [4.78, 5) is 19.0. The Kier molecular flexibility index (Phi) is 4.90. The van der Waals surface area contributed by atoms with Crippen LogP contribution in [0.5, 0.6) is 0 Å². The fraction of sp³-hybridized carbons (Fsp3) is 0.625.